The molecule has 0 atom stereocenters. The van der Waals surface area contributed by atoms with Crippen molar-refractivity contribution in [1.29, 1.82) is 5.26 Å². The van der Waals surface area contributed by atoms with Gasteiger partial charge in [-0.25, -0.2) is 0 Å². The second-order valence-corrected chi connectivity index (χ2v) is 7.97. The normalized spacial score (nSPS) is 13.5. The molecule has 0 aliphatic carbocycles. The van der Waals surface area contributed by atoms with E-state index in [0.717, 1.165) is 12.0 Å². The van der Waals surface area contributed by atoms with Gasteiger partial charge in [-0.05, 0) is 23.6 Å². The summed E-state index contributed by atoms with van der Waals surface area (Å²) in [7, 11) is 1.60. The second kappa shape index (κ2) is 7.20. The van der Waals surface area contributed by atoms with Crippen molar-refractivity contribution < 1.29 is 4.79 Å². The van der Waals surface area contributed by atoms with Gasteiger partial charge in [-0.1, -0.05) is 52.0 Å². The lowest BCUT2D eigenvalue weighted by molar-refractivity contribution is -0.120. The van der Waals surface area contributed by atoms with Crippen molar-refractivity contribution in [3.05, 3.63) is 54.9 Å². The quantitative estimate of drug-likeness (QED) is 0.848. The molecule has 1 aromatic carbocycles. The van der Waals surface area contributed by atoms with Crippen LogP contribution in [0.15, 0.2) is 29.1 Å². The molecule has 0 saturated heterocycles. The number of nitrogens with zero attached hydrogens (tertiary/aromatic N) is 2. The van der Waals surface area contributed by atoms with Gasteiger partial charge in [0.25, 0.3) is 5.56 Å². The lowest BCUT2D eigenvalue weighted by Gasteiger charge is -2.15. The Kier molecular flexibility index (Phi) is 5.44. The van der Waals surface area contributed by atoms with Crippen molar-refractivity contribution in [1.82, 2.24) is 4.57 Å². The largest absolute Gasteiger partial charge is 0.301 e. The Morgan fingerprint density at radius 3 is 2.36 bits per heavy atom. The number of aryl methyl sites for hydroxylation is 1. The summed E-state index contributed by atoms with van der Waals surface area (Å²) in [6.07, 6.45) is 2.76. The maximum Gasteiger partial charge on any atom is 0.268 e. The average molecular weight is 354 g/mol. The van der Waals surface area contributed by atoms with Crippen molar-refractivity contribution in [2.45, 2.75) is 34.1 Å². The predicted octanol–water partition coefficient (Wildman–Crippen LogP) is 2.13. The molecule has 4 nitrogen and oxygen atoms in total. The van der Waals surface area contributed by atoms with E-state index in [4.69, 9.17) is 0 Å². The third kappa shape index (κ3) is 3.97. The fraction of sp³-hybridized carbons (Fsp3) is 0.350. The van der Waals surface area contributed by atoms with E-state index in [-0.39, 0.29) is 16.9 Å². The maximum atomic E-state index is 12.5. The van der Waals surface area contributed by atoms with Gasteiger partial charge in [-0.2, -0.15) is 5.26 Å². The van der Waals surface area contributed by atoms with E-state index in [1.165, 1.54) is 21.5 Å². The summed E-state index contributed by atoms with van der Waals surface area (Å²) in [6.45, 7) is 7.38. The summed E-state index contributed by atoms with van der Waals surface area (Å²) in [5.74, 6) is -0.259. The van der Waals surface area contributed by atoms with Crippen LogP contribution in [0.4, 0.5) is 0 Å². The van der Waals surface area contributed by atoms with Crippen LogP contribution in [0.2, 0.25) is 0 Å². The molecule has 2 rings (SSSR count). The third-order valence-corrected chi connectivity index (χ3v) is 5.13. The van der Waals surface area contributed by atoms with Crippen molar-refractivity contribution in [2.24, 2.45) is 12.5 Å². The molecule has 0 unspecified atom stereocenters. The summed E-state index contributed by atoms with van der Waals surface area (Å²) < 4.78 is 2.30. The summed E-state index contributed by atoms with van der Waals surface area (Å²) in [4.78, 5) is 25.0. The number of benzene rings is 1. The minimum absolute atomic E-state index is 0.0399. The number of thiazole rings is 1. The van der Waals surface area contributed by atoms with Gasteiger partial charge in [0.05, 0.1) is 4.53 Å². The Bertz CT molecular complexity index is 1010. The lowest BCUT2D eigenvalue weighted by Crippen LogP contribution is -2.32. The van der Waals surface area contributed by atoms with Crippen molar-refractivity contribution >= 4 is 28.8 Å². The van der Waals surface area contributed by atoms with Crippen LogP contribution >= 0.6 is 11.3 Å². The molecule has 0 aliphatic rings. The van der Waals surface area contributed by atoms with E-state index in [1.807, 2.05) is 30.3 Å². The predicted molar refractivity (Wildman–Crippen MR) is 102 cm³/mol. The van der Waals surface area contributed by atoms with E-state index in [1.54, 1.807) is 33.9 Å². The fourth-order valence-electron chi connectivity index (χ4n) is 2.36. The highest BCUT2D eigenvalue weighted by atomic mass is 32.1. The van der Waals surface area contributed by atoms with Gasteiger partial charge in [0.15, 0.2) is 5.78 Å². The molecular weight excluding hydrogens is 332 g/mol. The molecule has 0 amide bonds. The first-order chi connectivity index (χ1) is 11.7. The first-order valence-electron chi connectivity index (χ1n) is 8.14. The summed E-state index contributed by atoms with van der Waals surface area (Å²) in [5.41, 5.74) is 1.31. The van der Waals surface area contributed by atoms with E-state index in [0.29, 0.717) is 9.20 Å². The number of ketones is 1. The summed E-state index contributed by atoms with van der Waals surface area (Å²) >= 11 is 1.18. The second-order valence-electron chi connectivity index (χ2n) is 6.94. The average Bonchev–Trinajstić information content (AvgIpc) is 2.84. The zero-order chi connectivity index (χ0) is 18.8. The van der Waals surface area contributed by atoms with Gasteiger partial charge in [-0.15, -0.1) is 11.3 Å². The Morgan fingerprint density at radius 1 is 1.28 bits per heavy atom. The number of rotatable bonds is 3. The Labute approximate surface area is 151 Å². The minimum Gasteiger partial charge on any atom is -0.301 e. The fourth-order valence-corrected chi connectivity index (χ4v) is 3.44. The molecule has 130 valence electrons. The van der Waals surface area contributed by atoms with Crippen LogP contribution in [0.1, 0.15) is 38.8 Å². The first kappa shape index (κ1) is 18.9. The summed E-state index contributed by atoms with van der Waals surface area (Å²) in [6, 6.07) is 9.98. The zero-order valence-electron chi connectivity index (χ0n) is 15.2. The Morgan fingerprint density at radius 2 is 1.88 bits per heavy atom. The number of hydrogen-bond acceptors (Lipinski definition) is 4. The van der Waals surface area contributed by atoms with Gasteiger partial charge in [0.2, 0.25) is 0 Å². The first-order valence-corrected chi connectivity index (χ1v) is 8.96. The number of aromatic nitrogens is 1. The van der Waals surface area contributed by atoms with Crippen molar-refractivity contribution in [2.75, 3.05) is 0 Å². The number of nitriles is 1. The van der Waals surface area contributed by atoms with E-state index < -0.39 is 5.41 Å². The number of hydrogen-bond donors (Lipinski definition) is 0. The van der Waals surface area contributed by atoms with Crippen LogP contribution in [0.5, 0.6) is 0 Å². The topological polar surface area (TPSA) is 62.9 Å². The molecule has 0 spiro atoms. The SMILES string of the molecule is CCc1ccc(C=c2sc(=C(C#N)C(=O)C(C)(C)C)n(C)c2=O)cc1. The lowest BCUT2D eigenvalue weighted by atomic mass is 9.87. The molecule has 0 N–H and O–H groups in total. The van der Waals surface area contributed by atoms with Crippen LogP contribution in [0, 0.1) is 16.7 Å². The highest BCUT2D eigenvalue weighted by molar-refractivity contribution is 7.07. The van der Waals surface area contributed by atoms with Crippen LogP contribution in [0.25, 0.3) is 11.6 Å². The molecule has 0 bridgehead atoms. The van der Waals surface area contributed by atoms with E-state index >= 15 is 0 Å². The highest BCUT2D eigenvalue weighted by Gasteiger charge is 2.26. The molecule has 0 fully saturated rings. The Balaban J connectivity index is 2.69. The van der Waals surface area contributed by atoms with Gasteiger partial charge >= 0.3 is 0 Å². The zero-order valence-corrected chi connectivity index (χ0v) is 16.0. The monoisotopic (exact) mass is 354 g/mol. The highest BCUT2D eigenvalue weighted by Crippen LogP contribution is 2.19. The maximum absolute atomic E-state index is 12.5. The van der Waals surface area contributed by atoms with Crippen LogP contribution in [-0.2, 0) is 18.3 Å². The standard InChI is InChI=1S/C20H22N2O2S/c1-6-13-7-9-14(10-8-13)11-16-18(24)22(5)19(25-16)15(12-21)17(23)20(2,3)4/h7-11H,6H2,1-5H3. The molecule has 1 aromatic heterocycles. The van der Waals surface area contributed by atoms with Gasteiger partial charge in [0, 0.05) is 12.5 Å². The number of carbonyl (C=O) groups is 1. The van der Waals surface area contributed by atoms with Gasteiger partial charge in [0.1, 0.15) is 16.3 Å². The third-order valence-electron chi connectivity index (χ3n) is 3.95. The van der Waals surface area contributed by atoms with Crippen LogP contribution in [0.3, 0.4) is 0 Å². The van der Waals surface area contributed by atoms with Crippen LogP contribution < -0.4 is 14.8 Å². The van der Waals surface area contributed by atoms with Gasteiger partial charge in [-0.3, -0.25) is 9.59 Å². The van der Waals surface area contributed by atoms with E-state index in [2.05, 4.69) is 6.92 Å². The minimum atomic E-state index is -0.676. The van der Waals surface area contributed by atoms with E-state index in [9.17, 15) is 14.9 Å². The van der Waals surface area contributed by atoms with Gasteiger partial charge < -0.3 is 4.57 Å². The molecule has 2 aromatic rings. The number of Topliss-reactive ketones (excluding diaryl/α,β-unsaturated/α-hetero) is 1. The van der Waals surface area contributed by atoms with Crippen molar-refractivity contribution in [3.8, 4) is 6.07 Å². The molecule has 1 heterocycles. The smallest absolute Gasteiger partial charge is 0.268 e. The molecule has 0 radical (unpaired) electrons. The molecule has 0 aliphatic heterocycles. The molecule has 0 saturated carbocycles. The van der Waals surface area contributed by atoms with Crippen LogP contribution in [-0.4, -0.2) is 10.4 Å². The molecular formula is C20H22N2O2S. The van der Waals surface area contributed by atoms with Crippen molar-refractivity contribution in [3.63, 3.8) is 0 Å². The number of carbonyl (C=O) groups excluding carboxylic acids is 1. The Hall–Kier alpha value is -2.45. The molecule has 5 heteroatoms. The summed E-state index contributed by atoms with van der Waals surface area (Å²) in [5, 5.41) is 9.46. The molecule has 25 heavy (non-hydrogen) atoms.